The van der Waals surface area contributed by atoms with Crippen LogP contribution in [0.1, 0.15) is 10.4 Å². The quantitative estimate of drug-likeness (QED) is 0.927. The van der Waals surface area contributed by atoms with Crippen molar-refractivity contribution in [3.8, 4) is 17.0 Å². The van der Waals surface area contributed by atoms with Crippen LogP contribution in [0.4, 0.5) is 0 Å². The van der Waals surface area contributed by atoms with Gasteiger partial charge in [-0.15, -0.1) is 0 Å². The molecule has 6 heteroatoms. The van der Waals surface area contributed by atoms with Crippen LogP contribution in [0.2, 0.25) is 5.15 Å². The van der Waals surface area contributed by atoms with Gasteiger partial charge in [-0.05, 0) is 24.3 Å². The van der Waals surface area contributed by atoms with Gasteiger partial charge in [0.05, 0.1) is 23.1 Å². The SMILES string of the molecule is N#Cc1ccc(Oc2nc(Cl)c(CO)s2)cc1. The van der Waals surface area contributed by atoms with Gasteiger partial charge in [0.2, 0.25) is 0 Å². The van der Waals surface area contributed by atoms with E-state index in [0.717, 1.165) is 0 Å². The Bertz CT molecular complexity index is 560. The molecule has 0 atom stereocenters. The molecule has 0 bridgehead atoms. The number of halogens is 1. The first-order valence-corrected chi connectivity index (χ1v) is 5.86. The summed E-state index contributed by atoms with van der Waals surface area (Å²) < 4.78 is 5.44. The molecule has 0 radical (unpaired) electrons. The predicted molar refractivity (Wildman–Crippen MR) is 64.3 cm³/mol. The third-order valence-corrected chi connectivity index (χ3v) is 3.31. The summed E-state index contributed by atoms with van der Waals surface area (Å²) in [6.07, 6.45) is 0. The highest BCUT2D eigenvalue weighted by Gasteiger charge is 2.09. The van der Waals surface area contributed by atoms with Gasteiger partial charge in [0, 0.05) is 0 Å². The van der Waals surface area contributed by atoms with Crippen molar-refractivity contribution >= 4 is 22.9 Å². The minimum atomic E-state index is -0.159. The van der Waals surface area contributed by atoms with Gasteiger partial charge in [0.1, 0.15) is 10.9 Å². The van der Waals surface area contributed by atoms with Crippen molar-refractivity contribution in [2.45, 2.75) is 6.61 Å². The van der Waals surface area contributed by atoms with Crippen LogP contribution in [0, 0.1) is 11.3 Å². The van der Waals surface area contributed by atoms with E-state index in [-0.39, 0.29) is 11.8 Å². The monoisotopic (exact) mass is 266 g/mol. The Morgan fingerprint density at radius 2 is 2.12 bits per heavy atom. The van der Waals surface area contributed by atoms with Gasteiger partial charge in [-0.25, -0.2) is 0 Å². The maximum atomic E-state index is 8.96. The smallest absolute Gasteiger partial charge is 0.280 e. The van der Waals surface area contributed by atoms with Crippen LogP contribution in [-0.4, -0.2) is 10.1 Å². The molecule has 0 saturated carbocycles. The second kappa shape index (κ2) is 5.15. The van der Waals surface area contributed by atoms with Crippen LogP contribution in [0.5, 0.6) is 10.9 Å². The number of aliphatic hydroxyl groups is 1. The van der Waals surface area contributed by atoms with Crippen LogP contribution in [0.3, 0.4) is 0 Å². The molecule has 0 aliphatic rings. The van der Waals surface area contributed by atoms with Gasteiger partial charge in [-0.3, -0.25) is 0 Å². The number of benzene rings is 1. The molecule has 1 aromatic heterocycles. The van der Waals surface area contributed by atoms with Crippen molar-refractivity contribution in [1.82, 2.24) is 4.98 Å². The fourth-order valence-electron chi connectivity index (χ4n) is 1.15. The number of aromatic nitrogens is 1. The summed E-state index contributed by atoms with van der Waals surface area (Å²) >= 11 is 6.96. The van der Waals surface area contributed by atoms with Gasteiger partial charge in [0.25, 0.3) is 5.19 Å². The fourth-order valence-corrected chi connectivity index (χ4v) is 2.13. The van der Waals surface area contributed by atoms with Crippen LogP contribution >= 0.6 is 22.9 Å². The summed E-state index contributed by atoms with van der Waals surface area (Å²) in [4.78, 5) is 4.52. The fraction of sp³-hybridized carbons (Fsp3) is 0.0909. The molecule has 0 saturated heterocycles. The zero-order chi connectivity index (χ0) is 12.3. The van der Waals surface area contributed by atoms with E-state index in [2.05, 4.69) is 4.98 Å². The zero-order valence-corrected chi connectivity index (χ0v) is 10.1. The van der Waals surface area contributed by atoms with E-state index in [1.165, 1.54) is 11.3 Å². The minimum Gasteiger partial charge on any atom is -0.431 e. The molecule has 1 N–H and O–H groups in total. The van der Waals surface area contributed by atoms with E-state index >= 15 is 0 Å². The maximum absolute atomic E-state index is 8.96. The average Bonchev–Trinajstić information content (AvgIpc) is 2.70. The maximum Gasteiger partial charge on any atom is 0.280 e. The zero-order valence-electron chi connectivity index (χ0n) is 8.55. The Morgan fingerprint density at radius 1 is 1.41 bits per heavy atom. The van der Waals surface area contributed by atoms with Crippen molar-refractivity contribution in [3.63, 3.8) is 0 Å². The van der Waals surface area contributed by atoms with E-state index < -0.39 is 0 Å². The molecule has 2 aromatic rings. The third kappa shape index (κ3) is 2.74. The van der Waals surface area contributed by atoms with E-state index in [1.807, 2.05) is 6.07 Å². The molecule has 0 spiro atoms. The van der Waals surface area contributed by atoms with Crippen molar-refractivity contribution in [1.29, 1.82) is 5.26 Å². The molecule has 0 amide bonds. The average molecular weight is 267 g/mol. The normalized spacial score (nSPS) is 9.94. The number of nitrogens with zero attached hydrogens (tertiary/aromatic N) is 2. The first kappa shape index (κ1) is 11.9. The molecule has 0 unspecified atom stereocenters. The lowest BCUT2D eigenvalue weighted by Gasteiger charge is -2.00. The first-order valence-electron chi connectivity index (χ1n) is 4.67. The number of thiazole rings is 1. The van der Waals surface area contributed by atoms with Gasteiger partial charge in [0.15, 0.2) is 0 Å². The number of hydrogen-bond donors (Lipinski definition) is 1. The summed E-state index contributed by atoms with van der Waals surface area (Å²) in [7, 11) is 0. The van der Waals surface area contributed by atoms with Gasteiger partial charge >= 0.3 is 0 Å². The highest BCUT2D eigenvalue weighted by molar-refractivity contribution is 7.13. The molecular weight excluding hydrogens is 260 g/mol. The topological polar surface area (TPSA) is 66.1 Å². The summed E-state index contributed by atoms with van der Waals surface area (Å²) in [6, 6.07) is 8.66. The van der Waals surface area contributed by atoms with Crippen molar-refractivity contribution in [2.75, 3.05) is 0 Å². The van der Waals surface area contributed by atoms with E-state index in [0.29, 0.717) is 21.4 Å². The Morgan fingerprint density at radius 3 is 2.65 bits per heavy atom. The van der Waals surface area contributed by atoms with Gasteiger partial charge in [-0.1, -0.05) is 22.9 Å². The lowest BCUT2D eigenvalue weighted by atomic mass is 10.2. The summed E-state index contributed by atoms with van der Waals surface area (Å²) in [5.74, 6) is 0.568. The Balaban J connectivity index is 2.17. The standard InChI is InChI=1S/C11H7ClN2O2S/c12-10-9(6-15)17-11(14-10)16-8-3-1-7(5-13)2-4-8/h1-4,15H,6H2. The van der Waals surface area contributed by atoms with Gasteiger partial charge < -0.3 is 9.84 Å². The number of aliphatic hydroxyl groups excluding tert-OH is 1. The van der Waals surface area contributed by atoms with Crippen LogP contribution in [-0.2, 0) is 6.61 Å². The largest absolute Gasteiger partial charge is 0.431 e. The van der Waals surface area contributed by atoms with Gasteiger partial charge in [-0.2, -0.15) is 10.2 Å². The summed E-state index contributed by atoms with van der Waals surface area (Å²) in [6.45, 7) is -0.159. The second-order valence-electron chi connectivity index (χ2n) is 3.09. The number of rotatable bonds is 3. The third-order valence-electron chi connectivity index (χ3n) is 1.96. The lowest BCUT2D eigenvalue weighted by molar-refractivity contribution is 0.285. The summed E-state index contributed by atoms with van der Waals surface area (Å²) in [5, 5.41) is 18.2. The molecule has 0 fully saturated rings. The van der Waals surface area contributed by atoms with Crippen molar-refractivity contribution in [3.05, 3.63) is 39.9 Å². The number of nitriles is 1. The molecule has 1 heterocycles. The van der Waals surface area contributed by atoms with Crippen molar-refractivity contribution in [2.24, 2.45) is 0 Å². The highest BCUT2D eigenvalue weighted by atomic mass is 35.5. The number of hydrogen-bond acceptors (Lipinski definition) is 5. The summed E-state index contributed by atoms with van der Waals surface area (Å²) in [5.41, 5.74) is 0.561. The molecule has 1 aromatic carbocycles. The number of ether oxygens (including phenoxy) is 1. The van der Waals surface area contributed by atoms with E-state index in [1.54, 1.807) is 24.3 Å². The highest BCUT2D eigenvalue weighted by Crippen LogP contribution is 2.31. The minimum absolute atomic E-state index is 0.159. The molecule has 4 nitrogen and oxygen atoms in total. The molecule has 2 rings (SSSR count). The van der Waals surface area contributed by atoms with Crippen LogP contribution < -0.4 is 4.74 Å². The molecule has 0 aliphatic carbocycles. The lowest BCUT2D eigenvalue weighted by Crippen LogP contribution is -1.82. The van der Waals surface area contributed by atoms with Crippen molar-refractivity contribution < 1.29 is 9.84 Å². The molecule has 17 heavy (non-hydrogen) atoms. The molecular formula is C11H7ClN2O2S. The van der Waals surface area contributed by atoms with Crippen LogP contribution in [0.15, 0.2) is 24.3 Å². The predicted octanol–water partition coefficient (Wildman–Crippen LogP) is 2.95. The molecule has 0 aliphatic heterocycles. The molecule has 86 valence electrons. The Labute approximate surface area is 107 Å². The van der Waals surface area contributed by atoms with Crippen LogP contribution in [0.25, 0.3) is 0 Å². The van der Waals surface area contributed by atoms with E-state index in [9.17, 15) is 0 Å². The Hall–Kier alpha value is -1.61. The second-order valence-corrected chi connectivity index (χ2v) is 4.49. The first-order chi connectivity index (χ1) is 8.22. The Kier molecular flexibility index (Phi) is 3.59. The van der Waals surface area contributed by atoms with E-state index in [4.69, 9.17) is 26.7 Å².